The molecule has 0 radical (unpaired) electrons. The first-order valence-corrected chi connectivity index (χ1v) is 9.73. The summed E-state index contributed by atoms with van der Waals surface area (Å²) in [7, 11) is -3.65. The molecular formula is C17H18N4O4S. The fourth-order valence-electron chi connectivity index (χ4n) is 3.23. The number of sulfonamides is 1. The lowest BCUT2D eigenvalue weighted by Crippen LogP contribution is -2.29. The minimum Gasteiger partial charge on any atom is -0.360 e. The van der Waals surface area contributed by atoms with Crippen molar-refractivity contribution < 1.29 is 17.5 Å². The molecule has 1 fully saturated rings. The summed E-state index contributed by atoms with van der Waals surface area (Å²) in [6, 6.07) is 9.48. The number of aryl methyl sites for hydroxylation is 2. The third-order valence-corrected chi connectivity index (χ3v) is 6.65. The van der Waals surface area contributed by atoms with Gasteiger partial charge in [-0.25, -0.2) is 8.42 Å². The Balaban J connectivity index is 1.55. The van der Waals surface area contributed by atoms with E-state index in [1.54, 1.807) is 13.8 Å². The number of aromatic nitrogens is 3. The molecule has 0 spiro atoms. The molecule has 0 bridgehead atoms. The monoisotopic (exact) mass is 374 g/mol. The molecule has 1 aliphatic rings. The normalized spacial score (nSPS) is 18.5. The molecule has 0 aliphatic carbocycles. The van der Waals surface area contributed by atoms with Gasteiger partial charge in [0.05, 0.1) is 0 Å². The first-order valence-electron chi connectivity index (χ1n) is 8.29. The Morgan fingerprint density at radius 3 is 2.58 bits per heavy atom. The van der Waals surface area contributed by atoms with Crippen molar-refractivity contribution >= 4 is 10.0 Å². The Kier molecular flexibility index (Phi) is 4.12. The lowest BCUT2D eigenvalue weighted by Gasteiger charge is -2.15. The molecule has 0 saturated carbocycles. The van der Waals surface area contributed by atoms with Gasteiger partial charge in [0.15, 0.2) is 11.6 Å². The summed E-state index contributed by atoms with van der Waals surface area (Å²) >= 11 is 0. The fourth-order valence-corrected chi connectivity index (χ4v) is 5.02. The van der Waals surface area contributed by atoms with Crippen LogP contribution >= 0.6 is 0 Å². The molecule has 4 rings (SSSR count). The number of benzene rings is 1. The van der Waals surface area contributed by atoms with Gasteiger partial charge in [-0.15, -0.1) is 0 Å². The fraction of sp³-hybridized carbons (Fsp3) is 0.353. The predicted octanol–water partition coefficient (Wildman–Crippen LogP) is 2.52. The Morgan fingerprint density at radius 2 is 1.88 bits per heavy atom. The van der Waals surface area contributed by atoms with Crippen LogP contribution in [-0.2, 0) is 10.0 Å². The van der Waals surface area contributed by atoms with Gasteiger partial charge in [0.25, 0.3) is 5.89 Å². The maximum absolute atomic E-state index is 12.9. The summed E-state index contributed by atoms with van der Waals surface area (Å²) in [4.78, 5) is 4.60. The van der Waals surface area contributed by atoms with Gasteiger partial charge in [0.1, 0.15) is 10.6 Å². The van der Waals surface area contributed by atoms with E-state index < -0.39 is 10.0 Å². The van der Waals surface area contributed by atoms with Crippen LogP contribution < -0.4 is 0 Å². The van der Waals surface area contributed by atoms with E-state index in [0.717, 1.165) is 5.56 Å². The summed E-state index contributed by atoms with van der Waals surface area (Å²) in [6.45, 7) is 3.93. The standard InChI is InChI=1S/C17H18N4O4S/c1-11-15(12(2)24-19-11)26(22,23)21-9-8-14(10-21)16-18-17(25-20-16)13-6-4-3-5-7-13/h3-7,14H,8-10H2,1-2H3/t14-/m0/s1. The minimum absolute atomic E-state index is 0.105. The van der Waals surface area contributed by atoms with Crippen LogP contribution in [0.3, 0.4) is 0 Å². The van der Waals surface area contributed by atoms with Crippen LogP contribution in [0, 0.1) is 13.8 Å². The van der Waals surface area contributed by atoms with E-state index in [1.807, 2.05) is 30.3 Å². The van der Waals surface area contributed by atoms with Gasteiger partial charge in [-0.2, -0.15) is 9.29 Å². The van der Waals surface area contributed by atoms with Crippen molar-refractivity contribution in [1.82, 2.24) is 19.6 Å². The third kappa shape index (κ3) is 2.82. The lowest BCUT2D eigenvalue weighted by atomic mass is 10.1. The second kappa shape index (κ2) is 6.33. The average molecular weight is 374 g/mol. The first-order chi connectivity index (χ1) is 12.5. The van der Waals surface area contributed by atoms with Gasteiger partial charge in [0, 0.05) is 24.6 Å². The molecule has 136 valence electrons. The molecule has 1 aliphatic heterocycles. The van der Waals surface area contributed by atoms with E-state index in [-0.39, 0.29) is 10.8 Å². The molecule has 2 aromatic heterocycles. The van der Waals surface area contributed by atoms with E-state index in [2.05, 4.69) is 15.3 Å². The van der Waals surface area contributed by atoms with E-state index in [0.29, 0.717) is 42.7 Å². The maximum atomic E-state index is 12.9. The predicted molar refractivity (Wildman–Crippen MR) is 91.8 cm³/mol. The molecule has 1 saturated heterocycles. The Labute approximate surface area is 150 Å². The zero-order valence-corrected chi connectivity index (χ0v) is 15.2. The summed E-state index contributed by atoms with van der Waals surface area (Å²) in [6.07, 6.45) is 0.635. The second-order valence-electron chi connectivity index (χ2n) is 6.33. The van der Waals surface area contributed by atoms with Crippen LogP contribution in [0.1, 0.15) is 29.6 Å². The van der Waals surface area contributed by atoms with Crippen LogP contribution in [0.2, 0.25) is 0 Å². The molecular weight excluding hydrogens is 356 g/mol. The molecule has 26 heavy (non-hydrogen) atoms. The molecule has 0 N–H and O–H groups in total. The summed E-state index contributed by atoms with van der Waals surface area (Å²) < 4.78 is 37.6. The van der Waals surface area contributed by atoms with Gasteiger partial charge < -0.3 is 9.05 Å². The molecule has 0 amide bonds. The van der Waals surface area contributed by atoms with Gasteiger partial charge in [-0.3, -0.25) is 0 Å². The highest BCUT2D eigenvalue weighted by molar-refractivity contribution is 7.89. The largest absolute Gasteiger partial charge is 0.360 e. The van der Waals surface area contributed by atoms with E-state index >= 15 is 0 Å². The SMILES string of the molecule is Cc1noc(C)c1S(=O)(=O)N1CC[C@H](c2noc(-c3ccccc3)n2)C1. The summed E-state index contributed by atoms with van der Waals surface area (Å²) in [5.41, 5.74) is 1.21. The molecule has 0 unspecified atom stereocenters. The zero-order valence-electron chi connectivity index (χ0n) is 14.4. The molecule has 3 aromatic rings. The molecule has 9 heteroatoms. The Bertz CT molecular complexity index is 1010. The van der Waals surface area contributed by atoms with E-state index in [9.17, 15) is 8.42 Å². The summed E-state index contributed by atoms with van der Waals surface area (Å²) in [5.74, 6) is 1.16. The van der Waals surface area contributed by atoms with Crippen molar-refractivity contribution in [2.75, 3.05) is 13.1 Å². The van der Waals surface area contributed by atoms with Gasteiger partial charge in [-0.1, -0.05) is 28.5 Å². The quantitative estimate of drug-likeness (QED) is 0.691. The zero-order chi connectivity index (χ0) is 18.3. The van der Waals surface area contributed by atoms with Gasteiger partial charge in [-0.05, 0) is 32.4 Å². The topological polar surface area (TPSA) is 102 Å². The van der Waals surface area contributed by atoms with Crippen molar-refractivity contribution in [2.24, 2.45) is 0 Å². The number of hydrogen-bond donors (Lipinski definition) is 0. The number of hydrogen-bond acceptors (Lipinski definition) is 7. The highest BCUT2D eigenvalue weighted by Gasteiger charge is 2.38. The third-order valence-electron chi connectivity index (χ3n) is 4.54. The highest BCUT2D eigenvalue weighted by Crippen LogP contribution is 2.32. The van der Waals surface area contributed by atoms with Crippen molar-refractivity contribution in [1.29, 1.82) is 0 Å². The van der Waals surface area contributed by atoms with Crippen LogP contribution in [0.4, 0.5) is 0 Å². The van der Waals surface area contributed by atoms with Crippen LogP contribution in [0.25, 0.3) is 11.5 Å². The highest BCUT2D eigenvalue weighted by atomic mass is 32.2. The first kappa shape index (κ1) is 16.9. The van der Waals surface area contributed by atoms with Crippen LogP contribution in [0.5, 0.6) is 0 Å². The number of rotatable bonds is 4. The van der Waals surface area contributed by atoms with Crippen LogP contribution in [0.15, 0.2) is 44.3 Å². The Hall–Kier alpha value is -2.52. The minimum atomic E-state index is -3.65. The van der Waals surface area contributed by atoms with Crippen molar-refractivity contribution in [3.8, 4) is 11.5 Å². The maximum Gasteiger partial charge on any atom is 0.257 e. The van der Waals surface area contributed by atoms with Gasteiger partial charge >= 0.3 is 0 Å². The van der Waals surface area contributed by atoms with Crippen molar-refractivity contribution in [3.05, 3.63) is 47.6 Å². The Morgan fingerprint density at radius 1 is 1.12 bits per heavy atom. The molecule has 1 atom stereocenters. The summed E-state index contributed by atoms with van der Waals surface area (Å²) in [5, 5.41) is 7.80. The van der Waals surface area contributed by atoms with E-state index in [1.165, 1.54) is 4.31 Å². The van der Waals surface area contributed by atoms with Crippen molar-refractivity contribution in [3.63, 3.8) is 0 Å². The van der Waals surface area contributed by atoms with Gasteiger partial charge in [0.2, 0.25) is 10.0 Å². The second-order valence-corrected chi connectivity index (χ2v) is 8.20. The van der Waals surface area contributed by atoms with E-state index in [4.69, 9.17) is 9.05 Å². The number of nitrogens with zero attached hydrogens (tertiary/aromatic N) is 4. The lowest BCUT2D eigenvalue weighted by molar-refractivity contribution is 0.389. The molecule has 1 aromatic carbocycles. The smallest absolute Gasteiger partial charge is 0.257 e. The molecule has 3 heterocycles. The molecule has 8 nitrogen and oxygen atoms in total. The average Bonchev–Trinajstić information content (AvgIpc) is 3.35. The van der Waals surface area contributed by atoms with Crippen molar-refractivity contribution in [2.45, 2.75) is 31.1 Å². The van der Waals surface area contributed by atoms with Crippen LogP contribution in [-0.4, -0.2) is 41.1 Å².